The summed E-state index contributed by atoms with van der Waals surface area (Å²) < 4.78 is 10.2. The Labute approximate surface area is 145 Å². The fraction of sp³-hybridized carbons (Fsp3) is 0.353. The van der Waals surface area contributed by atoms with Crippen LogP contribution in [-0.4, -0.2) is 42.8 Å². The van der Waals surface area contributed by atoms with Crippen molar-refractivity contribution in [2.75, 3.05) is 25.7 Å². The molecule has 0 amide bonds. The molecule has 0 N–H and O–H groups in total. The zero-order chi connectivity index (χ0) is 17.1. The average Bonchev–Trinajstić information content (AvgIpc) is 3.06. The van der Waals surface area contributed by atoms with Crippen LogP contribution in [0.2, 0.25) is 5.02 Å². The summed E-state index contributed by atoms with van der Waals surface area (Å²) in [7, 11) is 3.01. The van der Waals surface area contributed by atoms with Gasteiger partial charge in [0.2, 0.25) is 0 Å². The molecule has 1 saturated heterocycles. The molecule has 6 nitrogen and oxygen atoms in total. The molecule has 2 heterocycles. The number of hydrogen-bond donors (Lipinski definition) is 0. The lowest BCUT2D eigenvalue weighted by atomic mass is 10.0. The number of halogens is 1. The molecule has 1 aromatic heterocycles. The van der Waals surface area contributed by atoms with E-state index in [4.69, 9.17) is 16.3 Å². The second kappa shape index (κ2) is 7.15. The van der Waals surface area contributed by atoms with E-state index in [0.29, 0.717) is 17.4 Å². The van der Waals surface area contributed by atoms with Gasteiger partial charge in [0.25, 0.3) is 0 Å². The molecule has 1 aromatic carbocycles. The first-order valence-corrected chi connectivity index (χ1v) is 7.96. The molecule has 2 aromatic rings. The molecule has 24 heavy (non-hydrogen) atoms. The summed E-state index contributed by atoms with van der Waals surface area (Å²) in [5, 5.41) is 0.711. The van der Waals surface area contributed by atoms with Gasteiger partial charge in [-0.2, -0.15) is 0 Å². The molecule has 3 rings (SSSR count). The minimum absolute atomic E-state index is 0.0435. The standard InChI is InChI=1S/C17H18ClN3O3/c1-23-11-7-15(12-5-3-4-6-13(12)18)21(10-11)16-9-19-14(8-20-16)17(22)24-2/h3-6,8-9,11,15H,7,10H2,1-2H3. The van der Waals surface area contributed by atoms with E-state index in [0.717, 1.165) is 12.0 Å². The third kappa shape index (κ3) is 3.20. The van der Waals surface area contributed by atoms with Crippen LogP contribution in [0.5, 0.6) is 0 Å². The number of hydrogen-bond acceptors (Lipinski definition) is 6. The van der Waals surface area contributed by atoms with Gasteiger partial charge in [-0.05, 0) is 18.1 Å². The number of methoxy groups -OCH3 is 2. The monoisotopic (exact) mass is 347 g/mol. The number of ether oxygens (including phenoxy) is 2. The van der Waals surface area contributed by atoms with E-state index in [2.05, 4.69) is 19.6 Å². The van der Waals surface area contributed by atoms with Crippen LogP contribution in [-0.2, 0) is 9.47 Å². The van der Waals surface area contributed by atoms with E-state index in [1.165, 1.54) is 13.3 Å². The van der Waals surface area contributed by atoms with Crippen molar-refractivity contribution in [1.82, 2.24) is 9.97 Å². The highest BCUT2D eigenvalue weighted by Crippen LogP contribution is 2.38. The Morgan fingerprint density at radius 2 is 2.04 bits per heavy atom. The van der Waals surface area contributed by atoms with Crippen LogP contribution in [0, 0.1) is 0 Å². The molecule has 126 valence electrons. The molecule has 0 radical (unpaired) electrons. The Hall–Kier alpha value is -2.18. The largest absolute Gasteiger partial charge is 0.464 e. The maximum absolute atomic E-state index is 11.5. The van der Waals surface area contributed by atoms with Crippen LogP contribution in [0.1, 0.15) is 28.5 Å². The van der Waals surface area contributed by atoms with Crippen molar-refractivity contribution >= 4 is 23.4 Å². The van der Waals surface area contributed by atoms with Crippen molar-refractivity contribution in [3.05, 3.63) is 52.9 Å². The van der Waals surface area contributed by atoms with Gasteiger partial charge in [0, 0.05) is 18.7 Å². The molecular weight excluding hydrogens is 330 g/mol. The van der Waals surface area contributed by atoms with E-state index < -0.39 is 5.97 Å². The normalized spacial score (nSPS) is 20.2. The Morgan fingerprint density at radius 1 is 1.25 bits per heavy atom. The highest BCUT2D eigenvalue weighted by molar-refractivity contribution is 6.31. The van der Waals surface area contributed by atoms with E-state index >= 15 is 0 Å². The average molecular weight is 348 g/mol. The number of nitrogens with zero attached hydrogens (tertiary/aromatic N) is 3. The third-order valence-corrected chi connectivity index (χ3v) is 4.53. The van der Waals surface area contributed by atoms with Crippen LogP contribution in [0.15, 0.2) is 36.7 Å². The second-order valence-electron chi connectivity index (χ2n) is 5.53. The summed E-state index contributed by atoms with van der Waals surface area (Å²) in [5.41, 5.74) is 1.20. The minimum Gasteiger partial charge on any atom is -0.464 e. The molecule has 0 bridgehead atoms. The highest BCUT2D eigenvalue weighted by Gasteiger charge is 2.35. The predicted molar refractivity (Wildman–Crippen MR) is 90.3 cm³/mol. The lowest BCUT2D eigenvalue weighted by Crippen LogP contribution is -2.26. The fourth-order valence-electron chi connectivity index (χ4n) is 2.94. The first-order valence-electron chi connectivity index (χ1n) is 7.58. The smallest absolute Gasteiger partial charge is 0.358 e. The van der Waals surface area contributed by atoms with Crippen molar-refractivity contribution in [2.24, 2.45) is 0 Å². The van der Waals surface area contributed by atoms with Crippen molar-refractivity contribution in [2.45, 2.75) is 18.6 Å². The maximum Gasteiger partial charge on any atom is 0.358 e. The van der Waals surface area contributed by atoms with Gasteiger partial charge in [-0.1, -0.05) is 29.8 Å². The number of anilines is 1. The zero-order valence-electron chi connectivity index (χ0n) is 13.5. The Morgan fingerprint density at radius 3 is 2.67 bits per heavy atom. The van der Waals surface area contributed by atoms with Gasteiger partial charge >= 0.3 is 5.97 Å². The third-order valence-electron chi connectivity index (χ3n) is 4.19. The Kier molecular flexibility index (Phi) is 4.97. The first kappa shape index (κ1) is 16.7. The molecule has 1 aliphatic heterocycles. The van der Waals surface area contributed by atoms with Crippen LogP contribution in [0.3, 0.4) is 0 Å². The van der Waals surface area contributed by atoms with Crippen molar-refractivity contribution < 1.29 is 14.3 Å². The second-order valence-corrected chi connectivity index (χ2v) is 5.94. The van der Waals surface area contributed by atoms with Gasteiger partial charge < -0.3 is 14.4 Å². The van der Waals surface area contributed by atoms with Crippen LogP contribution < -0.4 is 4.90 Å². The Balaban J connectivity index is 1.92. The number of esters is 1. The molecule has 2 unspecified atom stereocenters. The van der Waals surface area contributed by atoms with Gasteiger partial charge in [-0.3, -0.25) is 0 Å². The van der Waals surface area contributed by atoms with E-state index in [9.17, 15) is 4.79 Å². The van der Waals surface area contributed by atoms with E-state index in [1.54, 1.807) is 13.3 Å². The molecule has 0 aliphatic carbocycles. The molecule has 0 saturated carbocycles. The number of carbonyl (C=O) groups excluding carboxylic acids is 1. The SMILES string of the molecule is COC(=O)c1cnc(N2CC(OC)CC2c2ccccc2Cl)cn1. The number of rotatable bonds is 4. The highest BCUT2D eigenvalue weighted by atomic mass is 35.5. The van der Waals surface area contributed by atoms with Crippen LogP contribution >= 0.6 is 11.6 Å². The lowest BCUT2D eigenvalue weighted by molar-refractivity contribution is 0.0593. The Bertz CT molecular complexity index is 723. The van der Waals surface area contributed by atoms with Gasteiger partial charge in [-0.15, -0.1) is 0 Å². The molecular formula is C17H18ClN3O3. The molecule has 0 spiro atoms. The molecule has 1 aliphatic rings. The molecule has 1 fully saturated rings. The lowest BCUT2D eigenvalue weighted by Gasteiger charge is -2.26. The topological polar surface area (TPSA) is 64.5 Å². The quantitative estimate of drug-likeness (QED) is 0.792. The summed E-state index contributed by atoms with van der Waals surface area (Å²) in [6.45, 7) is 0.679. The summed E-state index contributed by atoms with van der Waals surface area (Å²) in [6.07, 6.45) is 3.88. The van der Waals surface area contributed by atoms with E-state index in [-0.39, 0.29) is 17.8 Å². The summed E-state index contributed by atoms with van der Waals surface area (Å²) >= 11 is 6.37. The predicted octanol–water partition coefficient (Wildman–Crippen LogP) is 2.88. The number of carbonyl (C=O) groups is 1. The van der Waals surface area contributed by atoms with Crippen LogP contribution in [0.4, 0.5) is 5.82 Å². The molecule has 7 heteroatoms. The summed E-state index contributed by atoms with van der Waals surface area (Å²) in [5.74, 6) is 0.167. The molecule has 2 atom stereocenters. The fourth-order valence-corrected chi connectivity index (χ4v) is 3.20. The first-order chi connectivity index (χ1) is 11.6. The van der Waals surface area contributed by atoms with Crippen molar-refractivity contribution in [3.8, 4) is 0 Å². The van der Waals surface area contributed by atoms with Gasteiger partial charge in [0.15, 0.2) is 5.69 Å². The van der Waals surface area contributed by atoms with Crippen molar-refractivity contribution in [3.63, 3.8) is 0 Å². The minimum atomic E-state index is -0.507. The maximum atomic E-state index is 11.5. The van der Waals surface area contributed by atoms with Gasteiger partial charge in [0.05, 0.1) is 31.6 Å². The van der Waals surface area contributed by atoms with Crippen LogP contribution in [0.25, 0.3) is 0 Å². The zero-order valence-corrected chi connectivity index (χ0v) is 14.2. The van der Waals surface area contributed by atoms with Crippen molar-refractivity contribution in [1.29, 1.82) is 0 Å². The van der Waals surface area contributed by atoms with Gasteiger partial charge in [-0.25, -0.2) is 14.8 Å². The van der Waals surface area contributed by atoms with E-state index in [1.807, 2.05) is 24.3 Å². The summed E-state index contributed by atoms with van der Waals surface area (Å²) in [6, 6.07) is 7.80. The number of aromatic nitrogens is 2. The summed E-state index contributed by atoms with van der Waals surface area (Å²) in [4.78, 5) is 22.1. The van der Waals surface area contributed by atoms with Gasteiger partial charge in [0.1, 0.15) is 5.82 Å². The number of benzene rings is 1.